The number of benzene rings is 1. The van der Waals surface area contributed by atoms with Crippen LogP contribution in [0.15, 0.2) is 22.7 Å². The Kier molecular flexibility index (Phi) is 4.48. The van der Waals surface area contributed by atoms with E-state index in [1.807, 2.05) is 0 Å². The highest BCUT2D eigenvalue weighted by Gasteiger charge is 2.15. The van der Waals surface area contributed by atoms with E-state index in [0.717, 1.165) is 0 Å². The highest BCUT2D eigenvalue weighted by molar-refractivity contribution is 6.05. The molecule has 0 fully saturated rings. The third-order valence-corrected chi connectivity index (χ3v) is 2.31. The lowest BCUT2D eigenvalue weighted by atomic mass is 10.1. The molecule has 1 heterocycles. The number of fused-ring (bicyclic) bond motifs is 1. The lowest BCUT2D eigenvalue weighted by Gasteiger charge is -1.97. The second-order valence-corrected chi connectivity index (χ2v) is 3.36. The molecule has 2 N–H and O–H groups in total. The summed E-state index contributed by atoms with van der Waals surface area (Å²) in [4.78, 5) is 11.6. The smallest absolute Gasteiger partial charge is 0.186 e. The second-order valence-electron chi connectivity index (χ2n) is 3.36. The average Bonchev–Trinajstić information content (AvgIpc) is 2.71. The van der Waals surface area contributed by atoms with Gasteiger partial charge in [0.1, 0.15) is 5.75 Å². The SMILES string of the molecule is COc1ccc2c(C(=O)CCN)noc2c1.Cl. The average molecular weight is 257 g/mol. The van der Waals surface area contributed by atoms with E-state index >= 15 is 0 Å². The Balaban J connectivity index is 0.00000144. The summed E-state index contributed by atoms with van der Waals surface area (Å²) in [5.41, 5.74) is 6.20. The molecule has 0 aliphatic rings. The normalized spacial score (nSPS) is 10.0. The highest BCUT2D eigenvalue weighted by atomic mass is 35.5. The number of halogens is 1. The number of methoxy groups -OCH3 is 1. The molecule has 1 aromatic carbocycles. The van der Waals surface area contributed by atoms with Crippen molar-refractivity contribution >= 4 is 29.2 Å². The predicted octanol–water partition coefficient (Wildman–Crippen LogP) is 1.79. The molecule has 0 bridgehead atoms. The van der Waals surface area contributed by atoms with Gasteiger partial charge in [-0.3, -0.25) is 4.79 Å². The van der Waals surface area contributed by atoms with E-state index in [0.29, 0.717) is 29.0 Å². The molecular formula is C11H13ClN2O3. The van der Waals surface area contributed by atoms with Crippen molar-refractivity contribution in [3.8, 4) is 5.75 Å². The molecule has 0 spiro atoms. The summed E-state index contributed by atoms with van der Waals surface area (Å²) < 4.78 is 10.1. The summed E-state index contributed by atoms with van der Waals surface area (Å²) in [6.07, 6.45) is 0.271. The summed E-state index contributed by atoms with van der Waals surface area (Å²) in [6, 6.07) is 5.22. The van der Waals surface area contributed by atoms with Crippen molar-refractivity contribution < 1.29 is 14.1 Å². The van der Waals surface area contributed by atoms with E-state index in [1.54, 1.807) is 25.3 Å². The molecule has 0 atom stereocenters. The fraction of sp³-hybridized carbons (Fsp3) is 0.273. The van der Waals surface area contributed by atoms with Gasteiger partial charge in [-0.05, 0) is 18.7 Å². The topological polar surface area (TPSA) is 78.4 Å². The van der Waals surface area contributed by atoms with E-state index < -0.39 is 0 Å². The van der Waals surface area contributed by atoms with Gasteiger partial charge in [-0.25, -0.2) is 0 Å². The van der Waals surface area contributed by atoms with Gasteiger partial charge >= 0.3 is 0 Å². The van der Waals surface area contributed by atoms with Gasteiger partial charge in [-0.15, -0.1) is 12.4 Å². The van der Waals surface area contributed by atoms with Gasteiger partial charge in [0.05, 0.1) is 12.5 Å². The van der Waals surface area contributed by atoms with Crippen LogP contribution in [-0.2, 0) is 0 Å². The Morgan fingerprint density at radius 3 is 2.94 bits per heavy atom. The minimum Gasteiger partial charge on any atom is -0.497 e. The number of rotatable bonds is 4. The van der Waals surface area contributed by atoms with Crippen molar-refractivity contribution in [1.82, 2.24) is 5.16 Å². The first-order valence-electron chi connectivity index (χ1n) is 4.93. The highest BCUT2D eigenvalue weighted by Crippen LogP contribution is 2.24. The first kappa shape index (κ1) is 13.5. The summed E-state index contributed by atoms with van der Waals surface area (Å²) in [7, 11) is 1.57. The summed E-state index contributed by atoms with van der Waals surface area (Å²) in [5, 5.41) is 4.45. The molecule has 0 aliphatic carbocycles. The standard InChI is InChI=1S/C11H12N2O3.ClH/c1-15-7-2-3-8-10(6-7)16-13-11(8)9(14)4-5-12;/h2-3,6H,4-5,12H2,1H3;1H. The number of Topliss-reactive ketones (excluding diaryl/α,β-unsaturated/α-hetero) is 1. The van der Waals surface area contributed by atoms with Gasteiger partial charge in [-0.2, -0.15) is 0 Å². The lowest BCUT2D eigenvalue weighted by Crippen LogP contribution is -2.08. The van der Waals surface area contributed by atoms with E-state index in [2.05, 4.69) is 5.16 Å². The number of hydrogen-bond acceptors (Lipinski definition) is 5. The van der Waals surface area contributed by atoms with Crippen LogP contribution in [-0.4, -0.2) is 24.6 Å². The Morgan fingerprint density at radius 1 is 1.53 bits per heavy atom. The zero-order valence-electron chi connectivity index (χ0n) is 9.30. The van der Waals surface area contributed by atoms with Crippen LogP contribution in [0.2, 0.25) is 0 Å². The Labute approximate surface area is 104 Å². The van der Waals surface area contributed by atoms with Crippen LogP contribution in [0, 0.1) is 0 Å². The molecular weight excluding hydrogens is 244 g/mol. The molecule has 1 aromatic heterocycles. The van der Waals surface area contributed by atoms with Crippen molar-refractivity contribution in [3.63, 3.8) is 0 Å². The van der Waals surface area contributed by atoms with Crippen LogP contribution in [0.1, 0.15) is 16.9 Å². The molecule has 5 nitrogen and oxygen atoms in total. The Bertz CT molecular complexity index is 524. The van der Waals surface area contributed by atoms with Gasteiger partial charge in [0.15, 0.2) is 17.1 Å². The maximum atomic E-state index is 11.6. The number of nitrogens with two attached hydrogens (primary N) is 1. The monoisotopic (exact) mass is 256 g/mol. The third-order valence-electron chi connectivity index (χ3n) is 2.31. The number of nitrogens with zero attached hydrogens (tertiary/aromatic N) is 1. The van der Waals surface area contributed by atoms with Crippen molar-refractivity contribution in [2.75, 3.05) is 13.7 Å². The minimum absolute atomic E-state index is 0. The predicted molar refractivity (Wildman–Crippen MR) is 65.8 cm³/mol. The lowest BCUT2D eigenvalue weighted by molar-refractivity contribution is 0.0978. The fourth-order valence-electron chi connectivity index (χ4n) is 1.50. The number of carbonyl (C=O) groups is 1. The number of carbonyl (C=O) groups excluding carboxylic acids is 1. The molecule has 0 radical (unpaired) electrons. The van der Waals surface area contributed by atoms with Gasteiger partial charge in [-0.1, -0.05) is 5.16 Å². The summed E-state index contributed by atoms with van der Waals surface area (Å²) in [6.45, 7) is 0.309. The fourth-order valence-corrected chi connectivity index (χ4v) is 1.50. The molecule has 0 amide bonds. The zero-order chi connectivity index (χ0) is 11.5. The maximum absolute atomic E-state index is 11.6. The Morgan fingerprint density at radius 2 is 2.29 bits per heavy atom. The molecule has 2 aromatic rings. The van der Waals surface area contributed by atoms with Crippen molar-refractivity contribution in [3.05, 3.63) is 23.9 Å². The largest absolute Gasteiger partial charge is 0.497 e. The molecule has 0 saturated heterocycles. The molecule has 92 valence electrons. The Hall–Kier alpha value is -1.59. The van der Waals surface area contributed by atoms with Crippen molar-refractivity contribution in [2.24, 2.45) is 5.73 Å². The van der Waals surface area contributed by atoms with E-state index in [1.165, 1.54) is 0 Å². The van der Waals surface area contributed by atoms with Crippen LogP contribution >= 0.6 is 12.4 Å². The van der Waals surface area contributed by atoms with Gasteiger partial charge in [0.2, 0.25) is 0 Å². The van der Waals surface area contributed by atoms with E-state index in [4.69, 9.17) is 15.0 Å². The number of aromatic nitrogens is 1. The number of hydrogen-bond donors (Lipinski definition) is 1. The quantitative estimate of drug-likeness (QED) is 0.844. The van der Waals surface area contributed by atoms with Gasteiger partial charge in [0.25, 0.3) is 0 Å². The van der Waals surface area contributed by atoms with Gasteiger partial charge in [0, 0.05) is 12.5 Å². The van der Waals surface area contributed by atoms with E-state index in [-0.39, 0.29) is 24.6 Å². The number of ether oxygens (including phenoxy) is 1. The summed E-state index contributed by atoms with van der Waals surface area (Å²) >= 11 is 0. The molecule has 0 unspecified atom stereocenters. The second kappa shape index (κ2) is 5.65. The molecule has 6 heteroatoms. The maximum Gasteiger partial charge on any atom is 0.186 e. The number of ketones is 1. The zero-order valence-corrected chi connectivity index (χ0v) is 10.1. The first-order chi connectivity index (χ1) is 7.76. The van der Waals surface area contributed by atoms with E-state index in [9.17, 15) is 4.79 Å². The van der Waals surface area contributed by atoms with Gasteiger partial charge < -0.3 is 15.0 Å². The molecule has 0 saturated carbocycles. The summed E-state index contributed by atoms with van der Waals surface area (Å²) in [5.74, 6) is 0.563. The third kappa shape index (κ3) is 2.57. The first-order valence-corrected chi connectivity index (χ1v) is 4.93. The van der Waals surface area contributed by atoms with Crippen LogP contribution in [0.25, 0.3) is 11.0 Å². The van der Waals surface area contributed by atoms with Crippen LogP contribution < -0.4 is 10.5 Å². The minimum atomic E-state index is -0.105. The van der Waals surface area contributed by atoms with Crippen molar-refractivity contribution in [1.29, 1.82) is 0 Å². The van der Waals surface area contributed by atoms with Crippen LogP contribution in [0.5, 0.6) is 5.75 Å². The molecule has 17 heavy (non-hydrogen) atoms. The van der Waals surface area contributed by atoms with Crippen LogP contribution in [0.4, 0.5) is 0 Å². The van der Waals surface area contributed by atoms with Crippen LogP contribution in [0.3, 0.4) is 0 Å². The van der Waals surface area contributed by atoms with Crippen molar-refractivity contribution in [2.45, 2.75) is 6.42 Å². The molecule has 2 rings (SSSR count). The molecule has 0 aliphatic heterocycles.